The molecule has 8 heteroatoms. The minimum atomic E-state index is -0.277. The molecular formula is C21H18Cl4N2O2. The quantitative estimate of drug-likeness (QED) is 0.386. The van der Waals surface area contributed by atoms with Crippen LogP contribution in [0.2, 0.25) is 20.1 Å². The van der Waals surface area contributed by atoms with Crippen molar-refractivity contribution in [2.75, 3.05) is 13.1 Å². The van der Waals surface area contributed by atoms with Gasteiger partial charge in [0.2, 0.25) is 11.8 Å². The molecule has 0 aliphatic heterocycles. The van der Waals surface area contributed by atoms with Gasteiger partial charge >= 0.3 is 0 Å². The Labute approximate surface area is 189 Å². The zero-order valence-electron chi connectivity index (χ0n) is 15.2. The van der Waals surface area contributed by atoms with Crippen molar-refractivity contribution >= 4 is 70.4 Å². The van der Waals surface area contributed by atoms with E-state index in [9.17, 15) is 9.59 Å². The van der Waals surface area contributed by atoms with E-state index in [2.05, 4.69) is 10.6 Å². The van der Waals surface area contributed by atoms with Crippen LogP contribution in [-0.4, -0.2) is 24.9 Å². The minimum absolute atomic E-state index is 0.277. The van der Waals surface area contributed by atoms with Gasteiger partial charge in [-0.05, 0) is 42.8 Å². The van der Waals surface area contributed by atoms with Gasteiger partial charge in [-0.15, -0.1) is 0 Å². The number of halogens is 4. The van der Waals surface area contributed by atoms with Gasteiger partial charge in [0.05, 0.1) is 0 Å². The van der Waals surface area contributed by atoms with Gasteiger partial charge in [-0.2, -0.15) is 0 Å². The van der Waals surface area contributed by atoms with Crippen LogP contribution in [0.1, 0.15) is 17.5 Å². The average Bonchev–Trinajstić information content (AvgIpc) is 2.67. The standard InChI is InChI=1S/C21H18Cl4N2O2/c22-16-4-1-5-17(23)14(16)8-10-20(28)26-12-3-13-27-21(29)11-9-15-18(24)6-2-7-19(15)25/h1-2,4-11H,3,12-13H2,(H,26,28)(H,27,29)/b10-8+,11-9+. The zero-order valence-corrected chi connectivity index (χ0v) is 18.2. The highest BCUT2D eigenvalue weighted by Gasteiger charge is 2.04. The summed E-state index contributed by atoms with van der Waals surface area (Å²) in [6, 6.07) is 10.2. The molecule has 2 aromatic carbocycles. The molecule has 29 heavy (non-hydrogen) atoms. The zero-order chi connectivity index (χ0) is 21.2. The molecular weight excluding hydrogens is 454 g/mol. The summed E-state index contributed by atoms with van der Waals surface area (Å²) in [5, 5.41) is 7.32. The summed E-state index contributed by atoms with van der Waals surface area (Å²) in [7, 11) is 0. The molecule has 0 heterocycles. The van der Waals surface area contributed by atoms with Crippen LogP contribution in [0.5, 0.6) is 0 Å². The highest BCUT2D eigenvalue weighted by molar-refractivity contribution is 6.37. The molecule has 2 amide bonds. The second kappa shape index (κ2) is 11.9. The molecule has 152 valence electrons. The smallest absolute Gasteiger partial charge is 0.244 e. The van der Waals surface area contributed by atoms with Crippen molar-refractivity contribution in [2.45, 2.75) is 6.42 Å². The second-order valence-corrected chi connectivity index (χ2v) is 7.50. The first-order valence-electron chi connectivity index (χ1n) is 8.68. The molecule has 2 N–H and O–H groups in total. The first kappa shape index (κ1) is 23.3. The van der Waals surface area contributed by atoms with E-state index in [4.69, 9.17) is 46.4 Å². The lowest BCUT2D eigenvalue weighted by molar-refractivity contribution is -0.116. The van der Waals surface area contributed by atoms with Crippen molar-refractivity contribution in [1.82, 2.24) is 10.6 Å². The summed E-state index contributed by atoms with van der Waals surface area (Å²) in [6.07, 6.45) is 6.42. The van der Waals surface area contributed by atoms with Crippen LogP contribution in [0, 0.1) is 0 Å². The fraction of sp³-hybridized carbons (Fsp3) is 0.143. The van der Waals surface area contributed by atoms with Gasteiger partial charge in [0, 0.05) is 56.5 Å². The van der Waals surface area contributed by atoms with E-state index < -0.39 is 0 Å². The number of carbonyl (C=O) groups excluding carboxylic acids is 2. The molecule has 2 rings (SSSR count). The van der Waals surface area contributed by atoms with Gasteiger partial charge in [0.1, 0.15) is 0 Å². The molecule has 4 nitrogen and oxygen atoms in total. The Hall–Kier alpha value is -1.98. The predicted molar refractivity (Wildman–Crippen MR) is 122 cm³/mol. The minimum Gasteiger partial charge on any atom is -0.352 e. The van der Waals surface area contributed by atoms with Crippen molar-refractivity contribution in [3.8, 4) is 0 Å². The monoisotopic (exact) mass is 470 g/mol. The fourth-order valence-electron chi connectivity index (χ4n) is 2.29. The first-order chi connectivity index (χ1) is 13.9. The SMILES string of the molecule is O=C(/C=C/c1c(Cl)cccc1Cl)NCCCNC(=O)/C=C/c1c(Cl)cccc1Cl. The van der Waals surface area contributed by atoms with Gasteiger partial charge < -0.3 is 10.6 Å². The highest BCUT2D eigenvalue weighted by Crippen LogP contribution is 2.26. The maximum absolute atomic E-state index is 11.9. The molecule has 0 bridgehead atoms. The van der Waals surface area contributed by atoms with E-state index in [1.165, 1.54) is 12.2 Å². The van der Waals surface area contributed by atoms with Crippen LogP contribution in [0.4, 0.5) is 0 Å². The van der Waals surface area contributed by atoms with Gasteiger partial charge in [-0.1, -0.05) is 58.5 Å². The van der Waals surface area contributed by atoms with E-state index in [-0.39, 0.29) is 11.8 Å². The summed E-state index contributed by atoms with van der Waals surface area (Å²) in [6.45, 7) is 0.805. The number of benzene rings is 2. The number of hydrogen-bond acceptors (Lipinski definition) is 2. The van der Waals surface area contributed by atoms with Crippen LogP contribution in [0.25, 0.3) is 12.2 Å². The van der Waals surface area contributed by atoms with Crippen LogP contribution in [0.3, 0.4) is 0 Å². The Bertz CT molecular complexity index is 826. The lowest BCUT2D eigenvalue weighted by atomic mass is 10.2. The highest BCUT2D eigenvalue weighted by atomic mass is 35.5. The van der Waals surface area contributed by atoms with E-state index in [1.54, 1.807) is 48.6 Å². The number of carbonyl (C=O) groups is 2. The second-order valence-electron chi connectivity index (χ2n) is 5.87. The van der Waals surface area contributed by atoms with Crippen molar-refractivity contribution in [3.63, 3.8) is 0 Å². The van der Waals surface area contributed by atoms with Crippen molar-refractivity contribution in [1.29, 1.82) is 0 Å². The third-order valence-corrected chi connectivity index (χ3v) is 5.07. The molecule has 0 aliphatic rings. The van der Waals surface area contributed by atoms with Gasteiger partial charge in [-0.3, -0.25) is 9.59 Å². The summed E-state index contributed by atoms with van der Waals surface area (Å²) in [5.74, 6) is -0.554. The summed E-state index contributed by atoms with van der Waals surface area (Å²) < 4.78 is 0. The molecule has 0 aliphatic carbocycles. The largest absolute Gasteiger partial charge is 0.352 e. The Kier molecular flexibility index (Phi) is 9.55. The van der Waals surface area contributed by atoms with Crippen molar-refractivity contribution < 1.29 is 9.59 Å². The van der Waals surface area contributed by atoms with Crippen molar-refractivity contribution in [3.05, 3.63) is 79.8 Å². The summed E-state index contributed by atoms with van der Waals surface area (Å²) in [4.78, 5) is 23.7. The molecule has 2 aromatic rings. The van der Waals surface area contributed by atoms with Crippen molar-refractivity contribution in [2.24, 2.45) is 0 Å². The maximum Gasteiger partial charge on any atom is 0.244 e. The van der Waals surface area contributed by atoms with Crippen LogP contribution in [-0.2, 0) is 9.59 Å². The Morgan fingerprint density at radius 1 is 0.690 bits per heavy atom. The predicted octanol–water partition coefficient (Wildman–Crippen LogP) is 5.65. The third-order valence-electron chi connectivity index (χ3n) is 3.75. The van der Waals surface area contributed by atoms with E-state index in [0.717, 1.165) is 0 Å². The summed E-state index contributed by atoms with van der Waals surface area (Å²) in [5.41, 5.74) is 1.17. The Morgan fingerprint density at radius 2 is 1.03 bits per heavy atom. The Balaban J connectivity index is 1.70. The Morgan fingerprint density at radius 3 is 1.38 bits per heavy atom. The molecule has 0 saturated carbocycles. The van der Waals surface area contributed by atoms with Crippen LogP contribution >= 0.6 is 46.4 Å². The van der Waals surface area contributed by atoms with E-state index in [0.29, 0.717) is 50.7 Å². The van der Waals surface area contributed by atoms with Gasteiger partial charge in [0.25, 0.3) is 0 Å². The van der Waals surface area contributed by atoms with E-state index >= 15 is 0 Å². The van der Waals surface area contributed by atoms with Crippen LogP contribution in [0.15, 0.2) is 48.6 Å². The molecule has 0 spiro atoms. The average molecular weight is 472 g/mol. The van der Waals surface area contributed by atoms with Gasteiger partial charge in [-0.25, -0.2) is 0 Å². The normalized spacial score (nSPS) is 11.2. The molecule has 0 atom stereocenters. The first-order valence-corrected chi connectivity index (χ1v) is 10.2. The molecule has 0 saturated heterocycles. The number of hydrogen-bond donors (Lipinski definition) is 2. The number of nitrogens with one attached hydrogen (secondary N) is 2. The number of amides is 2. The van der Waals surface area contributed by atoms with Crippen LogP contribution < -0.4 is 10.6 Å². The topological polar surface area (TPSA) is 58.2 Å². The molecule has 0 unspecified atom stereocenters. The molecule has 0 fully saturated rings. The summed E-state index contributed by atoms with van der Waals surface area (Å²) >= 11 is 24.2. The maximum atomic E-state index is 11.9. The number of rotatable bonds is 8. The molecule has 0 radical (unpaired) electrons. The third kappa shape index (κ3) is 7.75. The fourth-order valence-corrected chi connectivity index (χ4v) is 3.33. The lowest BCUT2D eigenvalue weighted by Gasteiger charge is -2.04. The molecule has 0 aromatic heterocycles. The van der Waals surface area contributed by atoms with Gasteiger partial charge in [0.15, 0.2) is 0 Å². The lowest BCUT2D eigenvalue weighted by Crippen LogP contribution is -2.28. The van der Waals surface area contributed by atoms with E-state index in [1.807, 2.05) is 0 Å².